The summed E-state index contributed by atoms with van der Waals surface area (Å²) in [6.07, 6.45) is 1.80. The Morgan fingerprint density at radius 3 is 2.88 bits per heavy atom. The van der Waals surface area contributed by atoms with Crippen molar-refractivity contribution < 1.29 is 4.84 Å². The van der Waals surface area contributed by atoms with Crippen LogP contribution in [0.2, 0.25) is 0 Å². The normalized spacial score (nSPS) is 11.9. The fraction of sp³-hybridized carbons (Fsp3) is 0.308. The van der Waals surface area contributed by atoms with E-state index < -0.39 is 0 Å². The molecule has 0 radical (unpaired) electrons. The van der Waals surface area contributed by atoms with Gasteiger partial charge in [-0.2, -0.15) is 0 Å². The number of nitrogens with two attached hydrogens (primary N) is 1. The van der Waals surface area contributed by atoms with E-state index in [1.54, 1.807) is 6.20 Å². The SMILES string of the molecule is CC(C)(CON)c1ccc2ncccc2c1. The summed E-state index contributed by atoms with van der Waals surface area (Å²) in [6, 6.07) is 10.3. The average Bonchev–Trinajstić information content (AvgIpc) is 2.28. The number of aromatic nitrogens is 1. The van der Waals surface area contributed by atoms with Crippen LogP contribution in [0.3, 0.4) is 0 Å². The van der Waals surface area contributed by atoms with Crippen molar-refractivity contribution >= 4 is 10.9 Å². The maximum absolute atomic E-state index is 5.15. The Kier molecular flexibility index (Phi) is 2.90. The Morgan fingerprint density at radius 1 is 1.31 bits per heavy atom. The van der Waals surface area contributed by atoms with E-state index in [1.165, 1.54) is 5.56 Å². The topological polar surface area (TPSA) is 48.1 Å². The molecule has 0 aliphatic rings. The molecule has 0 aliphatic heterocycles. The van der Waals surface area contributed by atoms with Crippen molar-refractivity contribution in [2.24, 2.45) is 5.90 Å². The standard InChI is InChI=1S/C13H16N2O/c1-13(2,9-16-14)11-5-6-12-10(8-11)4-3-7-15-12/h3-8H,9,14H2,1-2H3. The molecule has 3 nitrogen and oxygen atoms in total. The van der Waals surface area contributed by atoms with Gasteiger partial charge < -0.3 is 4.84 Å². The van der Waals surface area contributed by atoms with Crippen molar-refractivity contribution in [2.75, 3.05) is 6.61 Å². The van der Waals surface area contributed by atoms with E-state index in [1.807, 2.05) is 12.1 Å². The van der Waals surface area contributed by atoms with Crippen LogP contribution in [0.4, 0.5) is 0 Å². The van der Waals surface area contributed by atoms with Gasteiger partial charge in [0.05, 0.1) is 12.1 Å². The molecule has 0 amide bonds. The van der Waals surface area contributed by atoms with Crippen LogP contribution in [-0.4, -0.2) is 11.6 Å². The minimum Gasteiger partial charge on any atom is -0.304 e. The molecule has 0 saturated heterocycles. The van der Waals surface area contributed by atoms with E-state index in [2.05, 4.69) is 37.0 Å². The first kappa shape index (κ1) is 11.0. The monoisotopic (exact) mass is 216 g/mol. The molecule has 1 aromatic carbocycles. The van der Waals surface area contributed by atoms with Gasteiger partial charge in [0.15, 0.2) is 0 Å². The summed E-state index contributed by atoms with van der Waals surface area (Å²) in [5.41, 5.74) is 2.13. The van der Waals surface area contributed by atoms with Crippen LogP contribution in [0.25, 0.3) is 10.9 Å². The van der Waals surface area contributed by atoms with E-state index in [0.717, 1.165) is 10.9 Å². The van der Waals surface area contributed by atoms with E-state index >= 15 is 0 Å². The van der Waals surface area contributed by atoms with Gasteiger partial charge in [0, 0.05) is 17.0 Å². The highest BCUT2D eigenvalue weighted by molar-refractivity contribution is 5.79. The van der Waals surface area contributed by atoms with Crippen LogP contribution < -0.4 is 5.90 Å². The predicted octanol–water partition coefficient (Wildman–Crippen LogP) is 2.40. The van der Waals surface area contributed by atoms with Crippen molar-refractivity contribution in [3.63, 3.8) is 0 Å². The third-order valence-corrected chi connectivity index (χ3v) is 2.83. The molecular formula is C13H16N2O. The highest BCUT2D eigenvalue weighted by Crippen LogP contribution is 2.25. The van der Waals surface area contributed by atoms with Crippen molar-refractivity contribution in [3.05, 3.63) is 42.1 Å². The molecule has 1 heterocycles. The number of hydrogen-bond donors (Lipinski definition) is 1. The summed E-state index contributed by atoms with van der Waals surface area (Å²) in [6.45, 7) is 4.72. The Balaban J connectivity index is 2.46. The molecule has 0 spiro atoms. The number of pyridine rings is 1. The van der Waals surface area contributed by atoms with Gasteiger partial charge in [-0.3, -0.25) is 4.98 Å². The van der Waals surface area contributed by atoms with Crippen molar-refractivity contribution in [3.8, 4) is 0 Å². The quantitative estimate of drug-likeness (QED) is 0.801. The molecule has 2 N–H and O–H groups in total. The average molecular weight is 216 g/mol. The summed E-state index contributed by atoms with van der Waals surface area (Å²) in [5, 5.41) is 1.14. The van der Waals surface area contributed by atoms with Gasteiger partial charge in [-0.25, -0.2) is 5.90 Å². The van der Waals surface area contributed by atoms with Gasteiger partial charge in [0.25, 0.3) is 0 Å². The van der Waals surface area contributed by atoms with Gasteiger partial charge in [-0.15, -0.1) is 0 Å². The van der Waals surface area contributed by atoms with Crippen molar-refractivity contribution in [1.29, 1.82) is 0 Å². The third-order valence-electron chi connectivity index (χ3n) is 2.83. The van der Waals surface area contributed by atoms with E-state index in [4.69, 9.17) is 10.7 Å². The summed E-state index contributed by atoms with van der Waals surface area (Å²) < 4.78 is 0. The molecule has 2 rings (SSSR count). The largest absolute Gasteiger partial charge is 0.304 e. The molecule has 0 bridgehead atoms. The lowest BCUT2D eigenvalue weighted by molar-refractivity contribution is 0.0965. The summed E-state index contributed by atoms with van der Waals surface area (Å²) in [7, 11) is 0. The van der Waals surface area contributed by atoms with E-state index in [-0.39, 0.29) is 5.41 Å². The summed E-state index contributed by atoms with van der Waals surface area (Å²) in [5.74, 6) is 5.15. The molecule has 16 heavy (non-hydrogen) atoms. The van der Waals surface area contributed by atoms with Gasteiger partial charge in [-0.1, -0.05) is 26.0 Å². The van der Waals surface area contributed by atoms with Gasteiger partial charge in [0.2, 0.25) is 0 Å². The lowest BCUT2D eigenvalue weighted by Crippen LogP contribution is -2.26. The molecule has 3 heteroatoms. The first-order valence-electron chi connectivity index (χ1n) is 5.30. The molecule has 84 valence electrons. The lowest BCUT2D eigenvalue weighted by atomic mass is 9.85. The molecule has 0 aliphatic carbocycles. The van der Waals surface area contributed by atoms with Gasteiger partial charge in [-0.05, 0) is 23.8 Å². The first-order valence-corrected chi connectivity index (χ1v) is 5.30. The van der Waals surface area contributed by atoms with Crippen LogP contribution in [0.1, 0.15) is 19.4 Å². The van der Waals surface area contributed by atoms with Crippen LogP contribution in [0, 0.1) is 0 Å². The van der Waals surface area contributed by atoms with Crippen molar-refractivity contribution in [1.82, 2.24) is 4.98 Å². The van der Waals surface area contributed by atoms with Gasteiger partial charge in [0.1, 0.15) is 0 Å². The Bertz CT molecular complexity index is 494. The molecule has 0 saturated carbocycles. The predicted molar refractivity (Wildman–Crippen MR) is 64.9 cm³/mol. The van der Waals surface area contributed by atoms with E-state index in [9.17, 15) is 0 Å². The molecular weight excluding hydrogens is 200 g/mol. The van der Waals surface area contributed by atoms with Crippen LogP contribution in [-0.2, 0) is 10.3 Å². The molecule has 0 unspecified atom stereocenters. The number of nitrogens with zero attached hydrogens (tertiary/aromatic N) is 1. The van der Waals surface area contributed by atoms with Crippen LogP contribution >= 0.6 is 0 Å². The van der Waals surface area contributed by atoms with Gasteiger partial charge >= 0.3 is 0 Å². The second-order valence-corrected chi connectivity index (χ2v) is 4.61. The van der Waals surface area contributed by atoms with Crippen molar-refractivity contribution in [2.45, 2.75) is 19.3 Å². The molecule has 1 aromatic heterocycles. The van der Waals surface area contributed by atoms with E-state index in [0.29, 0.717) is 6.61 Å². The zero-order chi connectivity index (χ0) is 11.6. The Hall–Kier alpha value is -1.45. The lowest BCUT2D eigenvalue weighted by Gasteiger charge is -2.23. The Morgan fingerprint density at radius 2 is 2.12 bits per heavy atom. The second kappa shape index (κ2) is 4.20. The number of fused-ring (bicyclic) bond motifs is 1. The smallest absolute Gasteiger partial charge is 0.0770 e. The number of hydrogen-bond acceptors (Lipinski definition) is 3. The number of benzene rings is 1. The van der Waals surface area contributed by atoms with Crippen LogP contribution in [0.15, 0.2) is 36.5 Å². The maximum atomic E-state index is 5.15. The maximum Gasteiger partial charge on any atom is 0.0770 e. The first-order chi connectivity index (χ1) is 7.63. The highest BCUT2D eigenvalue weighted by Gasteiger charge is 2.20. The highest BCUT2D eigenvalue weighted by atomic mass is 16.6. The zero-order valence-electron chi connectivity index (χ0n) is 9.60. The molecule has 0 fully saturated rings. The Labute approximate surface area is 95.2 Å². The minimum absolute atomic E-state index is 0.0845. The van der Waals surface area contributed by atoms with Crippen LogP contribution in [0.5, 0.6) is 0 Å². The second-order valence-electron chi connectivity index (χ2n) is 4.61. The summed E-state index contributed by atoms with van der Waals surface area (Å²) >= 11 is 0. The number of rotatable bonds is 3. The summed E-state index contributed by atoms with van der Waals surface area (Å²) in [4.78, 5) is 9.05. The minimum atomic E-state index is -0.0845. The molecule has 2 aromatic rings. The third kappa shape index (κ3) is 2.05. The zero-order valence-corrected chi connectivity index (χ0v) is 9.60. The molecule has 0 atom stereocenters. The fourth-order valence-corrected chi connectivity index (χ4v) is 1.79. The fourth-order valence-electron chi connectivity index (χ4n) is 1.79.